The van der Waals surface area contributed by atoms with E-state index in [2.05, 4.69) is 51.6 Å². The van der Waals surface area contributed by atoms with Gasteiger partial charge in [0, 0.05) is 32.0 Å². The van der Waals surface area contributed by atoms with Gasteiger partial charge in [0.15, 0.2) is 0 Å². The Morgan fingerprint density at radius 3 is 2.94 bits per heavy atom. The molecule has 2 heterocycles. The molecule has 0 amide bonds. The lowest BCUT2D eigenvalue weighted by atomic mass is 9.91. The maximum atomic E-state index is 6.43. The second-order valence-electron chi connectivity index (χ2n) is 4.52. The molecule has 0 aliphatic carbocycles. The third-order valence-corrected chi connectivity index (χ3v) is 6.52. The molecule has 3 rings (SSSR count). The number of thiophene rings is 1. The van der Waals surface area contributed by atoms with Crippen molar-refractivity contribution in [2.24, 2.45) is 5.73 Å². The van der Waals surface area contributed by atoms with Gasteiger partial charge in [-0.1, -0.05) is 18.2 Å². The molecule has 2 aromatic rings. The smallest absolute Gasteiger partial charge is 0.0314 e. The Morgan fingerprint density at radius 1 is 1.33 bits per heavy atom. The summed E-state index contributed by atoms with van der Waals surface area (Å²) in [4.78, 5) is 2.76. The number of benzene rings is 1. The molecule has 4 heteroatoms. The lowest BCUT2D eigenvalue weighted by molar-refractivity contribution is 0.575. The van der Waals surface area contributed by atoms with Crippen molar-refractivity contribution in [2.75, 3.05) is 5.75 Å². The van der Waals surface area contributed by atoms with Gasteiger partial charge in [-0.05, 0) is 45.4 Å². The molecule has 18 heavy (non-hydrogen) atoms. The van der Waals surface area contributed by atoms with Gasteiger partial charge in [-0.3, -0.25) is 0 Å². The molecular weight excluding hydrogens is 326 g/mol. The van der Waals surface area contributed by atoms with Crippen molar-refractivity contribution in [3.8, 4) is 0 Å². The van der Waals surface area contributed by atoms with E-state index in [0.29, 0.717) is 5.92 Å². The SMILES string of the molecule is NC(Cc1sccc1Br)C1CSc2ccccc21. The van der Waals surface area contributed by atoms with Crippen molar-refractivity contribution in [3.63, 3.8) is 0 Å². The molecule has 0 saturated carbocycles. The van der Waals surface area contributed by atoms with E-state index in [0.717, 1.165) is 12.2 Å². The Kier molecular flexibility index (Phi) is 3.80. The van der Waals surface area contributed by atoms with E-state index >= 15 is 0 Å². The van der Waals surface area contributed by atoms with Crippen molar-refractivity contribution in [3.05, 3.63) is 50.6 Å². The van der Waals surface area contributed by atoms with Crippen LogP contribution in [0.5, 0.6) is 0 Å². The summed E-state index contributed by atoms with van der Waals surface area (Å²) in [6, 6.07) is 11.0. The number of thioether (sulfide) groups is 1. The minimum Gasteiger partial charge on any atom is -0.327 e. The summed E-state index contributed by atoms with van der Waals surface area (Å²) in [5.41, 5.74) is 7.86. The number of halogens is 1. The van der Waals surface area contributed by atoms with E-state index in [1.807, 2.05) is 11.8 Å². The van der Waals surface area contributed by atoms with Crippen molar-refractivity contribution in [2.45, 2.75) is 23.3 Å². The predicted octanol–water partition coefficient (Wildman–Crippen LogP) is 4.27. The summed E-state index contributed by atoms with van der Waals surface area (Å²) < 4.78 is 1.20. The fourth-order valence-corrected chi connectivity index (χ4v) is 5.30. The van der Waals surface area contributed by atoms with E-state index in [-0.39, 0.29) is 6.04 Å². The summed E-state index contributed by atoms with van der Waals surface area (Å²) in [7, 11) is 0. The predicted molar refractivity (Wildman–Crippen MR) is 83.6 cm³/mol. The lowest BCUT2D eigenvalue weighted by Crippen LogP contribution is -2.30. The average Bonchev–Trinajstić information content (AvgIpc) is 2.96. The van der Waals surface area contributed by atoms with Gasteiger partial charge in [-0.15, -0.1) is 23.1 Å². The second kappa shape index (κ2) is 5.37. The fourth-order valence-electron chi connectivity index (χ4n) is 2.37. The Labute approximate surface area is 124 Å². The first-order valence-corrected chi connectivity index (χ1v) is 8.60. The highest BCUT2D eigenvalue weighted by Gasteiger charge is 2.28. The van der Waals surface area contributed by atoms with Crippen LogP contribution in [-0.2, 0) is 6.42 Å². The maximum absolute atomic E-state index is 6.43. The molecule has 1 nitrogen and oxygen atoms in total. The van der Waals surface area contributed by atoms with Gasteiger partial charge in [0.1, 0.15) is 0 Å². The van der Waals surface area contributed by atoms with E-state index in [1.165, 1.54) is 19.8 Å². The molecule has 2 unspecified atom stereocenters. The molecule has 2 N–H and O–H groups in total. The van der Waals surface area contributed by atoms with Crippen LogP contribution in [0.4, 0.5) is 0 Å². The molecule has 1 aromatic heterocycles. The Hall–Kier alpha value is -0.290. The molecule has 2 atom stereocenters. The largest absolute Gasteiger partial charge is 0.327 e. The van der Waals surface area contributed by atoms with Crippen molar-refractivity contribution < 1.29 is 0 Å². The summed E-state index contributed by atoms with van der Waals surface area (Å²) >= 11 is 7.30. The third kappa shape index (κ3) is 2.39. The first-order chi connectivity index (χ1) is 8.75. The second-order valence-corrected chi connectivity index (χ2v) is 7.43. The standard InChI is InChI=1S/C14H14BrNS2/c15-11-5-6-17-14(11)7-12(16)10-8-18-13-4-2-1-3-9(10)13/h1-6,10,12H,7-8,16H2. The highest BCUT2D eigenvalue weighted by Crippen LogP contribution is 2.41. The fraction of sp³-hybridized carbons (Fsp3) is 0.286. The lowest BCUT2D eigenvalue weighted by Gasteiger charge is -2.19. The molecular formula is C14H14BrNS2. The van der Waals surface area contributed by atoms with Gasteiger partial charge in [-0.25, -0.2) is 0 Å². The van der Waals surface area contributed by atoms with E-state index < -0.39 is 0 Å². The molecule has 94 valence electrons. The molecule has 0 radical (unpaired) electrons. The summed E-state index contributed by atoms with van der Waals surface area (Å²) in [6.07, 6.45) is 0.956. The first kappa shape index (κ1) is 12.7. The summed E-state index contributed by atoms with van der Waals surface area (Å²) in [6.45, 7) is 0. The molecule has 1 aliphatic rings. The highest BCUT2D eigenvalue weighted by molar-refractivity contribution is 9.10. The zero-order valence-corrected chi connectivity index (χ0v) is 13.0. The van der Waals surface area contributed by atoms with E-state index in [1.54, 1.807) is 11.3 Å². The average molecular weight is 340 g/mol. The first-order valence-electron chi connectivity index (χ1n) is 5.95. The van der Waals surface area contributed by atoms with Gasteiger partial charge in [0.05, 0.1) is 0 Å². The van der Waals surface area contributed by atoms with Crippen LogP contribution >= 0.6 is 39.0 Å². The molecule has 0 saturated heterocycles. The Bertz CT molecular complexity index is 552. The van der Waals surface area contributed by atoms with E-state index in [4.69, 9.17) is 5.73 Å². The van der Waals surface area contributed by atoms with Crippen molar-refractivity contribution in [1.82, 2.24) is 0 Å². The van der Waals surface area contributed by atoms with Crippen LogP contribution < -0.4 is 5.73 Å². The van der Waals surface area contributed by atoms with Crippen LogP contribution in [-0.4, -0.2) is 11.8 Å². The number of fused-ring (bicyclic) bond motifs is 1. The molecule has 0 bridgehead atoms. The van der Waals surface area contributed by atoms with Gasteiger partial charge in [-0.2, -0.15) is 0 Å². The number of rotatable bonds is 3. The van der Waals surface area contributed by atoms with Crippen LogP contribution in [0, 0.1) is 0 Å². The maximum Gasteiger partial charge on any atom is 0.0314 e. The highest BCUT2D eigenvalue weighted by atomic mass is 79.9. The molecule has 0 spiro atoms. The summed E-state index contributed by atoms with van der Waals surface area (Å²) in [5, 5.41) is 2.11. The molecule has 1 aliphatic heterocycles. The molecule has 0 fully saturated rings. The third-order valence-electron chi connectivity index (χ3n) is 3.37. The van der Waals surface area contributed by atoms with Crippen LogP contribution in [0.2, 0.25) is 0 Å². The Morgan fingerprint density at radius 2 is 2.17 bits per heavy atom. The van der Waals surface area contributed by atoms with Crippen LogP contribution in [0.25, 0.3) is 0 Å². The zero-order chi connectivity index (χ0) is 12.5. The van der Waals surface area contributed by atoms with Gasteiger partial charge < -0.3 is 5.73 Å². The van der Waals surface area contributed by atoms with Crippen LogP contribution in [0.1, 0.15) is 16.4 Å². The quantitative estimate of drug-likeness (QED) is 0.903. The monoisotopic (exact) mass is 339 g/mol. The Balaban J connectivity index is 1.79. The van der Waals surface area contributed by atoms with Gasteiger partial charge in [0.2, 0.25) is 0 Å². The zero-order valence-electron chi connectivity index (χ0n) is 9.80. The number of hydrogen-bond acceptors (Lipinski definition) is 3. The van der Waals surface area contributed by atoms with E-state index in [9.17, 15) is 0 Å². The number of hydrogen-bond donors (Lipinski definition) is 1. The van der Waals surface area contributed by atoms with Crippen LogP contribution in [0.15, 0.2) is 45.1 Å². The normalized spacial score (nSPS) is 19.8. The number of nitrogens with two attached hydrogens (primary N) is 1. The minimum atomic E-state index is 0.205. The summed E-state index contributed by atoms with van der Waals surface area (Å²) in [5.74, 6) is 1.60. The van der Waals surface area contributed by atoms with Crippen LogP contribution in [0.3, 0.4) is 0 Å². The molecule has 1 aromatic carbocycles. The van der Waals surface area contributed by atoms with Crippen molar-refractivity contribution in [1.29, 1.82) is 0 Å². The van der Waals surface area contributed by atoms with Gasteiger partial charge in [0.25, 0.3) is 0 Å². The minimum absolute atomic E-state index is 0.205. The van der Waals surface area contributed by atoms with Crippen molar-refractivity contribution >= 4 is 39.0 Å². The van der Waals surface area contributed by atoms with Gasteiger partial charge >= 0.3 is 0 Å². The topological polar surface area (TPSA) is 26.0 Å².